The number of carboxylic acid groups (broad SMARTS) is 1. The lowest BCUT2D eigenvalue weighted by Crippen LogP contribution is -2.33. The van der Waals surface area contributed by atoms with Gasteiger partial charge in [0.25, 0.3) is 5.91 Å². The first-order valence-corrected chi connectivity index (χ1v) is 8.85. The molecule has 1 aromatic carbocycles. The molecule has 1 saturated heterocycles. The standard InChI is InChI=1S/C17H12ClNO4S2/c18-11-3-1-2-10(8-11)13-5-4-12(23-13)9-14-16(22)19(17(24)25-14)7-6-15(20)21/h1-5,8-9H,6-7H2,(H,20,21)/p-1/b14-9-. The summed E-state index contributed by atoms with van der Waals surface area (Å²) >= 11 is 12.2. The van der Waals surface area contributed by atoms with Crippen molar-refractivity contribution < 1.29 is 19.1 Å². The maximum atomic E-state index is 12.3. The third kappa shape index (κ3) is 4.12. The van der Waals surface area contributed by atoms with Crippen LogP contribution in [0.4, 0.5) is 0 Å². The molecule has 0 N–H and O–H groups in total. The van der Waals surface area contributed by atoms with Crippen molar-refractivity contribution in [1.82, 2.24) is 4.90 Å². The number of aliphatic carboxylic acids is 1. The van der Waals surface area contributed by atoms with Crippen LogP contribution in [-0.2, 0) is 9.59 Å². The van der Waals surface area contributed by atoms with Gasteiger partial charge in [0, 0.05) is 35.6 Å². The van der Waals surface area contributed by atoms with Crippen LogP contribution in [0.2, 0.25) is 5.02 Å². The first-order valence-electron chi connectivity index (χ1n) is 7.25. The normalized spacial score (nSPS) is 16.0. The smallest absolute Gasteiger partial charge is 0.266 e. The fourth-order valence-corrected chi connectivity index (χ4v) is 3.73. The molecule has 0 saturated carbocycles. The lowest BCUT2D eigenvalue weighted by atomic mass is 10.2. The molecular weight excluding hydrogens is 382 g/mol. The number of thiocarbonyl (C=S) groups is 1. The van der Waals surface area contributed by atoms with Crippen molar-refractivity contribution in [2.45, 2.75) is 6.42 Å². The molecule has 1 aromatic heterocycles. The molecule has 1 amide bonds. The van der Waals surface area contributed by atoms with E-state index in [0.29, 0.717) is 25.8 Å². The fourth-order valence-electron chi connectivity index (χ4n) is 2.25. The summed E-state index contributed by atoms with van der Waals surface area (Å²) in [6, 6.07) is 10.8. The molecular formula is C17H11ClNO4S2-. The van der Waals surface area contributed by atoms with Crippen molar-refractivity contribution in [3.05, 3.63) is 52.1 Å². The van der Waals surface area contributed by atoms with Crippen LogP contribution < -0.4 is 5.11 Å². The Hall–Kier alpha value is -2.09. The summed E-state index contributed by atoms with van der Waals surface area (Å²) in [6.45, 7) is -0.00371. The van der Waals surface area contributed by atoms with Gasteiger partial charge in [-0.25, -0.2) is 0 Å². The van der Waals surface area contributed by atoms with Crippen LogP contribution in [0, 0.1) is 0 Å². The van der Waals surface area contributed by atoms with E-state index in [4.69, 9.17) is 28.2 Å². The predicted molar refractivity (Wildman–Crippen MR) is 98.7 cm³/mol. The first kappa shape index (κ1) is 17.7. The lowest BCUT2D eigenvalue weighted by Gasteiger charge is -2.14. The van der Waals surface area contributed by atoms with Gasteiger partial charge in [-0.1, -0.05) is 47.7 Å². The lowest BCUT2D eigenvalue weighted by molar-refractivity contribution is -0.305. The number of nitrogens with zero attached hydrogens (tertiary/aromatic N) is 1. The van der Waals surface area contributed by atoms with E-state index in [1.54, 1.807) is 30.3 Å². The summed E-state index contributed by atoms with van der Waals surface area (Å²) in [5, 5.41) is 11.2. The van der Waals surface area contributed by atoms with Gasteiger partial charge in [-0.05, 0) is 24.3 Å². The molecule has 1 aliphatic rings. The molecule has 3 rings (SSSR count). The highest BCUT2D eigenvalue weighted by Crippen LogP contribution is 2.33. The SMILES string of the molecule is O=C([O-])CCN1C(=O)/C(=C/c2ccc(-c3cccc(Cl)c3)o2)SC1=S. The molecule has 25 heavy (non-hydrogen) atoms. The molecule has 0 atom stereocenters. The van der Waals surface area contributed by atoms with Crippen molar-refractivity contribution in [2.24, 2.45) is 0 Å². The maximum absolute atomic E-state index is 12.3. The third-order valence-electron chi connectivity index (χ3n) is 3.42. The zero-order chi connectivity index (χ0) is 18.0. The van der Waals surface area contributed by atoms with Gasteiger partial charge in [-0.3, -0.25) is 9.69 Å². The number of amides is 1. The van der Waals surface area contributed by atoms with Crippen LogP contribution in [0.15, 0.2) is 45.7 Å². The Balaban J connectivity index is 1.79. The molecule has 0 radical (unpaired) electrons. The van der Waals surface area contributed by atoms with E-state index in [1.807, 2.05) is 12.1 Å². The van der Waals surface area contributed by atoms with Crippen molar-refractivity contribution in [1.29, 1.82) is 0 Å². The highest BCUT2D eigenvalue weighted by Gasteiger charge is 2.31. The highest BCUT2D eigenvalue weighted by molar-refractivity contribution is 8.26. The molecule has 5 nitrogen and oxygen atoms in total. The molecule has 8 heteroatoms. The number of benzene rings is 1. The zero-order valence-electron chi connectivity index (χ0n) is 12.7. The molecule has 0 aliphatic carbocycles. The Morgan fingerprint density at radius 2 is 2.16 bits per heavy atom. The van der Waals surface area contributed by atoms with E-state index in [9.17, 15) is 14.7 Å². The van der Waals surface area contributed by atoms with Crippen molar-refractivity contribution in [2.75, 3.05) is 6.54 Å². The first-order chi connectivity index (χ1) is 11.9. The Labute approximate surface area is 158 Å². The Bertz CT molecular complexity index is 890. The van der Waals surface area contributed by atoms with E-state index in [-0.39, 0.29) is 18.9 Å². The van der Waals surface area contributed by atoms with E-state index in [1.165, 1.54) is 4.90 Å². The maximum Gasteiger partial charge on any atom is 0.266 e. The second-order valence-corrected chi connectivity index (χ2v) is 7.28. The van der Waals surface area contributed by atoms with Crippen molar-refractivity contribution in [3.8, 4) is 11.3 Å². The number of carboxylic acids is 1. The Kier molecular flexibility index (Phi) is 5.27. The van der Waals surface area contributed by atoms with Gasteiger partial charge in [0.15, 0.2) is 0 Å². The van der Waals surface area contributed by atoms with Gasteiger partial charge in [0.1, 0.15) is 15.8 Å². The molecule has 0 spiro atoms. The number of hydrogen-bond acceptors (Lipinski definition) is 6. The van der Waals surface area contributed by atoms with Crippen LogP contribution in [0.3, 0.4) is 0 Å². The number of carbonyl (C=O) groups is 2. The Morgan fingerprint density at radius 3 is 2.88 bits per heavy atom. The van der Waals surface area contributed by atoms with Crippen molar-refractivity contribution in [3.63, 3.8) is 0 Å². The molecule has 1 fully saturated rings. The zero-order valence-corrected chi connectivity index (χ0v) is 15.1. The van der Waals surface area contributed by atoms with Gasteiger partial charge >= 0.3 is 0 Å². The number of thioether (sulfide) groups is 1. The fraction of sp³-hybridized carbons (Fsp3) is 0.118. The molecule has 0 bridgehead atoms. The minimum atomic E-state index is -1.23. The number of carbonyl (C=O) groups excluding carboxylic acids is 2. The summed E-state index contributed by atoms with van der Waals surface area (Å²) in [4.78, 5) is 24.5. The number of halogens is 1. The number of furan rings is 1. The van der Waals surface area contributed by atoms with E-state index < -0.39 is 5.97 Å². The summed E-state index contributed by atoms with van der Waals surface area (Å²) in [7, 11) is 0. The Morgan fingerprint density at radius 1 is 1.36 bits per heavy atom. The molecule has 1 aliphatic heterocycles. The van der Waals surface area contributed by atoms with Gasteiger partial charge in [-0.15, -0.1) is 0 Å². The predicted octanol–water partition coefficient (Wildman–Crippen LogP) is 2.94. The van der Waals surface area contributed by atoms with E-state index >= 15 is 0 Å². The minimum Gasteiger partial charge on any atom is -0.550 e. The van der Waals surface area contributed by atoms with Gasteiger partial charge in [0.05, 0.1) is 4.91 Å². The average molecular weight is 393 g/mol. The summed E-state index contributed by atoms with van der Waals surface area (Å²) in [6.07, 6.45) is 1.33. The van der Waals surface area contributed by atoms with Crippen LogP contribution >= 0.6 is 35.6 Å². The molecule has 0 unspecified atom stereocenters. The topological polar surface area (TPSA) is 73.6 Å². The van der Waals surface area contributed by atoms with Gasteiger partial charge in [-0.2, -0.15) is 0 Å². The third-order valence-corrected chi connectivity index (χ3v) is 5.04. The summed E-state index contributed by atoms with van der Waals surface area (Å²) in [5.74, 6) is -0.441. The second-order valence-electron chi connectivity index (χ2n) is 5.17. The van der Waals surface area contributed by atoms with E-state index in [2.05, 4.69) is 0 Å². The summed E-state index contributed by atoms with van der Waals surface area (Å²) in [5.41, 5.74) is 0.827. The molecule has 2 heterocycles. The van der Waals surface area contributed by atoms with Crippen LogP contribution in [0.25, 0.3) is 17.4 Å². The largest absolute Gasteiger partial charge is 0.550 e. The van der Waals surface area contributed by atoms with E-state index in [0.717, 1.165) is 17.3 Å². The van der Waals surface area contributed by atoms with Crippen LogP contribution in [0.5, 0.6) is 0 Å². The number of hydrogen-bond donors (Lipinski definition) is 0. The van der Waals surface area contributed by atoms with Crippen LogP contribution in [-0.4, -0.2) is 27.6 Å². The van der Waals surface area contributed by atoms with Gasteiger partial charge < -0.3 is 14.3 Å². The average Bonchev–Trinajstić information content (AvgIpc) is 3.12. The highest BCUT2D eigenvalue weighted by atomic mass is 35.5. The quantitative estimate of drug-likeness (QED) is 0.575. The molecule has 128 valence electrons. The van der Waals surface area contributed by atoms with Crippen LogP contribution in [0.1, 0.15) is 12.2 Å². The summed E-state index contributed by atoms with van der Waals surface area (Å²) < 4.78 is 6.06. The monoisotopic (exact) mass is 392 g/mol. The van der Waals surface area contributed by atoms with Crippen molar-refractivity contribution >= 4 is 57.9 Å². The molecule has 2 aromatic rings. The minimum absolute atomic E-state index is 0.00371. The second kappa shape index (κ2) is 7.43. The number of rotatable bonds is 5. The van der Waals surface area contributed by atoms with Gasteiger partial charge in [0.2, 0.25) is 0 Å².